The molecule has 0 atom stereocenters. The van der Waals surface area contributed by atoms with Gasteiger partial charge in [0.25, 0.3) is 17.8 Å². The lowest BCUT2D eigenvalue weighted by atomic mass is 9.90. The molecule has 28 nitrogen and oxygen atoms in total. The van der Waals surface area contributed by atoms with Gasteiger partial charge in [-0.2, -0.15) is 30.1 Å². The highest BCUT2D eigenvalue weighted by Crippen LogP contribution is 2.33. The molecule has 13 aromatic heterocycles. The van der Waals surface area contributed by atoms with E-state index < -0.39 is 30.5 Å². The summed E-state index contributed by atoms with van der Waals surface area (Å²) < 4.78 is 122. The zero-order valence-corrected chi connectivity index (χ0v) is 98.3. The Morgan fingerprint density at radius 2 is 1.03 bits per heavy atom. The van der Waals surface area contributed by atoms with Gasteiger partial charge in [0.05, 0.1) is 66.6 Å². The Hall–Kier alpha value is -10.6. The van der Waals surface area contributed by atoms with Crippen molar-refractivity contribution in [1.29, 1.82) is 0 Å². The third-order valence-corrected chi connectivity index (χ3v) is 22.5. The fourth-order valence-corrected chi connectivity index (χ4v) is 12.5. The van der Waals surface area contributed by atoms with Crippen molar-refractivity contribution < 1.29 is 71.6 Å². The van der Waals surface area contributed by atoms with Crippen LogP contribution in [0.5, 0.6) is 0 Å². The number of aromatic nitrogens is 17. The number of oxazole rings is 2. The van der Waals surface area contributed by atoms with Crippen LogP contribution >= 0.6 is 22.7 Å². The summed E-state index contributed by atoms with van der Waals surface area (Å²) in [6.45, 7) is 94.5. The number of aryl methyl sites for hydroxylation is 8. The van der Waals surface area contributed by atoms with E-state index in [9.17, 15) is 31.1 Å². The minimum Gasteiger partial charge on any atom is -0.469 e. The second-order valence-electron chi connectivity index (χ2n) is 48.0. The Morgan fingerprint density at radius 3 is 1.33 bits per heavy atom. The number of carbonyl (C=O) groups is 1. The van der Waals surface area contributed by atoms with Gasteiger partial charge in [0.2, 0.25) is 17.6 Å². The van der Waals surface area contributed by atoms with Gasteiger partial charge in [-0.3, -0.25) is 14.5 Å². The van der Waals surface area contributed by atoms with Crippen LogP contribution in [-0.2, 0) is 90.7 Å². The second kappa shape index (κ2) is 56.1. The molecule has 0 saturated carbocycles. The number of rotatable bonds is 9. The van der Waals surface area contributed by atoms with E-state index in [4.69, 9.17) is 36.0 Å². The SMILES string of the molecule is CC(C)(C)c1cc(C(=O)N2CCOCC2)no1.CC(C)(C)c1nc(C(F)F)no1.CC(C)c1cnco1.CC(F)(F)Cc1noc(C(C)(C)C)n1.CC(F)(F)Cn1cc(C(C)(C)C)cn1.CCc1cc(C(C)(C)C)on1.Cc1cc(C(C)C)ccn1.Cc1ccc(C(C)(C)C)o1.Cc1coc(C(C)(C)C)c1.Cc1coc(C(C)(C)C)n1.Cc1ncc(C(C)(C)C)s1.Cc1nnc(C(C)(C)C)s1.Cn1ncc(C(C)(C)C)n1. The van der Waals surface area contributed by atoms with Crippen LogP contribution in [0.2, 0.25) is 0 Å². The Kier molecular flexibility index (Phi) is 50.5. The largest absolute Gasteiger partial charge is 0.469 e. The van der Waals surface area contributed by atoms with Crippen LogP contribution in [0.15, 0.2) is 134 Å². The molecule has 1 amide bonds. The summed E-state index contributed by atoms with van der Waals surface area (Å²) in [6, 6.07) is 14.1. The molecule has 0 aromatic carbocycles. The van der Waals surface area contributed by atoms with E-state index in [1.807, 2.05) is 162 Å². The Balaban J connectivity index is 0.000000537. The molecule has 0 bridgehead atoms. The van der Waals surface area contributed by atoms with Crippen molar-refractivity contribution >= 4 is 28.6 Å². The van der Waals surface area contributed by atoms with Crippen LogP contribution in [0.25, 0.3) is 0 Å². The third-order valence-electron chi connectivity index (χ3n) is 19.9. The smallest absolute Gasteiger partial charge is 0.300 e. The molecule has 0 aliphatic carbocycles. The number of alkyl halides is 6. The summed E-state index contributed by atoms with van der Waals surface area (Å²) in [4.78, 5) is 40.6. The van der Waals surface area contributed by atoms with E-state index in [1.165, 1.54) is 27.1 Å². The Bertz CT molecular complexity index is 5350. The summed E-state index contributed by atoms with van der Waals surface area (Å²) in [5.41, 5.74) is 8.17. The monoisotopic (exact) mass is 2090 g/mol. The first-order valence-electron chi connectivity index (χ1n) is 49.3. The number of morpholine rings is 1. The number of hydrogen-bond acceptors (Lipinski definition) is 27. The lowest BCUT2D eigenvalue weighted by molar-refractivity contribution is 0.000483. The van der Waals surface area contributed by atoms with Crippen LogP contribution in [0.4, 0.5) is 26.3 Å². The van der Waals surface area contributed by atoms with Crippen molar-refractivity contribution in [2.45, 2.75) is 428 Å². The highest BCUT2D eigenvalue weighted by Gasteiger charge is 2.32. The molecule has 818 valence electrons. The molecule has 14 rings (SSSR count). The highest BCUT2D eigenvalue weighted by atomic mass is 32.1. The standard InChI is InChI=1S/C12H18N2O3.C10H16F2N2.C9H14F2N2O.C9H15NO.C9H13N.2C9H14O.C8H13NO.C8H13NS.C7H10F2N2O.C7H13N3.C7H12N2S.C6H9NO/c1-12(2,3)10-8-9(13-17-10)11(15)14-4-6-16-7-5-14;1-9(2,3)8-5-13-14(6-8)7-10(4,11)12;1-8(2,3)7-12-6(13-14-7)5-9(4,10)11;1-5-7-6-8(11-10-7)9(2,3)4;1-7(2)9-4-5-10-8(3)6-9;1-7-5-8(10-6-7)9(2,3)4;1-7-5-6-8(10-7)9(2,3)4;1-6-5-10-7(9-6)8(2,3)4;1-6-9-5-7(10-6)8(2,3)4;1-7(2,3)6-10-5(4(8)9)11-12-6;1-7(2,3)6-5-8-10(4)9-6;1-5-8-9-6(10-5)7(2,3)4;1-5(2)6-3-7-4-8-6/h8H,4-7H2,1-3H3;5-6H,7H2,1-4H3;5H2,1-4H3;6H,5H2,1-4H3;4-7H,1-3H3;2*5-6H,1-4H3;2*5H,1-4H3;4H,1-3H3;5H,1-4H3;1-4H3;3-5H,1-2H3. The van der Waals surface area contributed by atoms with Crippen LogP contribution in [0.1, 0.15) is 429 Å². The summed E-state index contributed by atoms with van der Waals surface area (Å²) in [5.74, 6) is 2.20. The van der Waals surface area contributed by atoms with E-state index in [-0.39, 0.29) is 83.7 Å². The maximum atomic E-state index is 12.7. The molecule has 36 heteroatoms. The fraction of sp³-hybridized carbons (Fsp3) is 0.636. The zero-order chi connectivity index (χ0) is 112. The first-order valence-corrected chi connectivity index (χ1v) is 50.9. The van der Waals surface area contributed by atoms with E-state index >= 15 is 0 Å². The highest BCUT2D eigenvalue weighted by molar-refractivity contribution is 7.11. The fourth-order valence-electron chi connectivity index (χ4n) is 10.9. The van der Waals surface area contributed by atoms with Gasteiger partial charge in [0.15, 0.2) is 23.8 Å². The molecule has 1 fully saturated rings. The van der Waals surface area contributed by atoms with Gasteiger partial charge in [0.1, 0.15) is 57.4 Å². The topological polar surface area (TPSA) is 338 Å². The molecule has 0 N–H and O–H groups in total. The minimum absolute atomic E-state index is 0.0360. The molecule has 1 aliphatic heterocycles. The van der Waals surface area contributed by atoms with E-state index in [2.05, 4.69) is 279 Å². The van der Waals surface area contributed by atoms with Gasteiger partial charge in [-0.25, -0.2) is 41.3 Å². The number of carbonyl (C=O) groups excluding carboxylic acids is 1. The molecule has 1 aliphatic rings. The molecule has 14 heterocycles. The van der Waals surface area contributed by atoms with E-state index in [0.717, 1.165) is 104 Å². The van der Waals surface area contributed by atoms with Crippen LogP contribution in [0.3, 0.4) is 0 Å². The summed E-state index contributed by atoms with van der Waals surface area (Å²) in [7, 11) is 1.83. The normalized spacial score (nSPS) is 12.7. The minimum atomic E-state index is -2.79. The van der Waals surface area contributed by atoms with Crippen molar-refractivity contribution in [3.05, 3.63) is 228 Å². The number of pyridine rings is 1. The Morgan fingerprint density at radius 1 is 0.479 bits per heavy atom. The van der Waals surface area contributed by atoms with Gasteiger partial charge in [-0.1, -0.05) is 284 Å². The molecule has 1 saturated heterocycles. The first kappa shape index (κ1) is 131. The van der Waals surface area contributed by atoms with Gasteiger partial charge in [-0.05, 0) is 119 Å². The third kappa shape index (κ3) is 52.3. The van der Waals surface area contributed by atoms with E-state index in [0.29, 0.717) is 49.7 Å². The lowest BCUT2D eigenvalue weighted by Crippen LogP contribution is -2.40. The van der Waals surface area contributed by atoms with Crippen molar-refractivity contribution in [2.24, 2.45) is 7.05 Å². The summed E-state index contributed by atoms with van der Waals surface area (Å²) in [6.07, 6.45) is 13.4. The van der Waals surface area contributed by atoms with Gasteiger partial charge >= 0.3 is 6.43 Å². The van der Waals surface area contributed by atoms with Crippen LogP contribution in [0, 0.1) is 41.5 Å². The first-order chi connectivity index (χ1) is 66.3. The molecular formula is C110H174F6N18O10S2. The maximum Gasteiger partial charge on any atom is 0.300 e. The zero-order valence-electron chi connectivity index (χ0n) is 96.6. The molecular weight excluding hydrogens is 1910 g/mol. The molecule has 0 unspecified atom stereocenters. The summed E-state index contributed by atoms with van der Waals surface area (Å²) >= 11 is 3.46. The molecule has 0 radical (unpaired) electrons. The maximum absolute atomic E-state index is 12.7. The number of amides is 1. The number of furan rings is 2. The van der Waals surface area contributed by atoms with Crippen molar-refractivity contribution in [2.75, 3.05) is 26.3 Å². The van der Waals surface area contributed by atoms with Crippen molar-refractivity contribution in [1.82, 2.24) is 90.4 Å². The van der Waals surface area contributed by atoms with Gasteiger partial charge in [0, 0.05) is 123 Å². The number of thiazole rings is 1. The van der Waals surface area contributed by atoms with Crippen LogP contribution < -0.4 is 0 Å². The van der Waals surface area contributed by atoms with Crippen molar-refractivity contribution in [3.63, 3.8) is 0 Å². The molecule has 13 aromatic rings. The quantitative estimate of drug-likeness (QED) is 0.121. The number of ether oxygens (including phenoxy) is 1. The number of hydrogen-bond donors (Lipinski definition) is 0. The number of nitrogens with zero attached hydrogens (tertiary/aromatic N) is 18. The Labute approximate surface area is 874 Å². The van der Waals surface area contributed by atoms with Crippen LogP contribution in [-0.4, -0.2) is 134 Å². The number of halogens is 6. The lowest BCUT2D eigenvalue weighted by Gasteiger charge is -2.25. The molecule has 146 heavy (non-hydrogen) atoms. The predicted molar refractivity (Wildman–Crippen MR) is 570 cm³/mol. The molecule has 0 spiro atoms. The average Bonchev–Trinajstić information content (AvgIpc) is 1.69. The van der Waals surface area contributed by atoms with Gasteiger partial charge in [-0.15, -0.1) is 32.9 Å². The average molecular weight is 2090 g/mol. The van der Waals surface area contributed by atoms with Gasteiger partial charge < -0.3 is 45.4 Å². The second-order valence-corrected chi connectivity index (χ2v) is 50.4. The predicted octanol–water partition coefficient (Wildman–Crippen LogP) is 30.1. The summed E-state index contributed by atoms with van der Waals surface area (Å²) in [5, 5.41) is 37.8. The van der Waals surface area contributed by atoms with Crippen molar-refractivity contribution in [3.8, 4) is 0 Å². The van der Waals surface area contributed by atoms with E-state index in [1.54, 1.807) is 75.8 Å².